The van der Waals surface area contributed by atoms with Crippen molar-refractivity contribution in [2.45, 2.75) is 12.6 Å². The Hall–Kier alpha value is -2.57. The first-order valence-corrected chi connectivity index (χ1v) is 8.70. The van der Waals surface area contributed by atoms with Crippen molar-refractivity contribution in [3.8, 4) is 0 Å². The topological polar surface area (TPSA) is 84.7 Å². The Morgan fingerprint density at radius 1 is 1.19 bits per heavy atom. The van der Waals surface area contributed by atoms with E-state index in [-0.39, 0.29) is 12.0 Å². The number of ether oxygens (including phenoxy) is 1. The number of urea groups is 1. The molecule has 1 saturated heterocycles. The third-order valence-electron chi connectivity index (χ3n) is 4.27. The molecule has 0 aliphatic carbocycles. The van der Waals surface area contributed by atoms with Crippen LogP contribution in [0.5, 0.6) is 0 Å². The van der Waals surface area contributed by atoms with Gasteiger partial charge in [0, 0.05) is 29.2 Å². The van der Waals surface area contributed by atoms with E-state index < -0.39 is 6.03 Å². The van der Waals surface area contributed by atoms with E-state index in [1.807, 2.05) is 24.3 Å². The second-order valence-electron chi connectivity index (χ2n) is 6.05. The van der Waals surface area contributed by atoms with Crippen LogP contribution in [0.15, 0.2) is 48.5 Å². The van der Waals surface area contributed by atoms with Crippen molar-refractivity contribution >= 4 is 23.5 Å². The van der Waals surface area contributed by atoms with Crippen LogP contribution in [0.1, 0.15) is 27.6 Å². The maximum Gasteiger partial charge on any atom is 0.312 e. The summed E-state index contributed by atoms with van der Waals surface area (Å²) in [4.78, 5) is 25.3. The van der Waals surface area contributed by atoms with E-state index in [0.717, 1.165) is 11.1 Å². The minimum Gasteiger partial charge on any atom is -0.370 e. The summed E-state index contributed by atoms with van der Waals surface area (Å²) >= 11 is 6.25. The molecule has 1 heterocycles. The van der Waals surface area contributed by atoms with E-state index in [2.05, 4.69) is 5.32 Å². The molecule has 2 aromatic carbocycles. The van der Waals surface area contributed by atoms with Crippen LogP contribution >= 0.6 is 11.6 Å². The number of benzene rings is 2. The zero-order valence-corrected chi connectivity index (χ0v) is 14.9. The molecule has 1 aliphatic heterocycles. The predicted octanol–water partition coefficient (Wildman–Crippen LogP) is 2.72. The van der Waals surface area contributed by atoms with Crippen molar-refractivity contribution < 1.29 is 14.3 Å². The number of nitrogens with two attached hydrogens (primary N) is 1. The first-order valence-electron chi connectivity index (χ1n) is 8.32. The molecule has 2 aromatic rings. The number of primary amides is 1. The first-order chi connectivity index (χ1) is 12.5. The van der Waals surface area contributed by atoms with Crippen molar-refractivity contribution in [1.29, 1.82) is 0 Å². The molecule has 6 nitrogen and oxygen atoms in total. The number of hydrogen-bond donors (Lipinski definition) is 2. The van der Waals surface area contributed by atoms with Gasteiger partial charge < -0.3 is 20.7 Å². The highest BCUT2D eigenvalue weighted by atomic mass is 35.5. The van der Waals surface area contributed by atoms with Gasteiger partial charge in [-0.25, -0.2) is 4.79 Å². The van der Waals surface area contributed by atoms with Crippen LogP contribution in [-0.4, -0.2) is 36.5 Å². The van der Waals surface area contributed by atoms with E-state index in [1.54, 1.807) is 29.2 Å². The van der Waals surface area contributed by atoms with Gasteiger partial charge in [0.2, 0.25) is 0 Å². The number of nitrogens with zero attached hydrogens (tertiary/aromatic N) is 1. The largest absolute Gasteiger partial charge is 0.370 e. The summed E-state index contributed by atoms with van der Waals surface area (Å²) in [7, 11) is 0. The number of rotatable bonds is 4. The number of amides is 3. The lowest BCUT2D eigenvalue weighted by atomic mass is 10.1. The minimum atomic E-state index is -0.580. The summed E-state index contributed by atoms with van der Waals surface area (Å²) in [5.41, 5.74) is 7.41. The fraction of sp³-hybridized carbons (Fsp3) is 0.263. The Bertz CT molecular complexity index is 795. The Labute approximate surface area is 156 Å². The van der Waals surface area contributed by atoms with Crippen molar-refractivity contribution in [2.24, 2.45) is 5.73 Å². The number of halogens is 1. The molecule has 3 rings (SSSR count). The van der Waals surface area contributed by atoms with Gasteiger partial charge in [-0.15, -0.1) is 0 Å². The van der Waals surface area contributed by atoms with E-state index in [4.69, 9.17) is 22.1 Å². The highest BCUT2D eigenvalue weighted by Crippen LogP contribution is 2.28. The molecule has 0 radical (unpaired) electrons. The SMILES string of the molecule is NC(=O)NCc1ccc(C(=O)N2CCOC(c3ccccc3Cl)C2)cc1. The average Bonchev–Trinajstić information content (AvgIpc) is 2.66. The quantitative estimate of drug-likeness (QED) is 0.864. The number of nitrogens with one attached hydrogen (secondary N) is 1. The fourth-order valence-electron chi connectivity index (χ4n) is 2.90. The highest BCUT2D eigenvalue weighted by Gasteiger charge is 2.27. The molecule has 7 heteroatoms. The molecule has 3 N–H and O–H groups in total. The van der Waals surface area contributed by atoms with Crippen LogP contribution in [0.2, 0.25) is 5.02 Å². The number of morpholine rings is 1. The summed E-state index contributed by atoms with van der Waals surface area (Å²) in [6.45, 7) is 1.77. The Balaban J connectivity index is 1.67. The van der Waals surface area contributed by atoms with Crippen LogP contribution in [0.4, 0.5) is 4.79 Å². The van der Waals surface area contributed by atoms with Crippen molar-refractivity contribution in [3.63, 3.8) is 0 Å². The molecule has 0 bridgehead atoms. The predicted molar refractivity (Wildman–Crippen MR) is 98.9 cm³/mol. The van der Waals surface area contributed by atoms with Crippen LogP contribution in [0, 0.1) is 0 Å². The third kappa shape index (κ3) is 4.33. The normalized spacial score (nSPS) is 17.0. The molecule has 1 unspecified atom stereocenters. The summed E-state index contributed by atoms with van der Waals surface area (Å²) < 4.78 is 5.80. The van der Waals surface area contributed by atoms with Crippen LogP contribution in [-0.2, 0) is 11.3 Å². The maximum absolute atomic E-state index is 12.8. The molecule has 0 spiro atoms. The molecule has 1 atom stereocenters. The average molecular weight is 374 g/mol. The van der Waals surface area contributed by atoms with Gasteiger partial charge in [0.25, 0.3) is 5.91 Å². The third-order valence-corrected chi connectivity index (χ3v) is 4.62. The Morgan fingerprint density at radius 3 is 2.62 bits per heavy atom. The second-order valence-corrected chi connectivity index (χ2v) is 6.45. The number of hydrogen-bond acceptors (Lipinski definition) is 3. The zero-order valence-electron chi connectivity index (χ0n) is 14.2. The Kier molecular flexibility index (Phi) is 5.75. The standard InChI is InChI=1S/C19H20ClN3O3/c20-16-4-2-1-3-15(16)17-12-23(9-10-26-17)18(24)14-7-5-13(6-8-14)11-22-19(21)25/h1-8,17H,9-12H2,(H3,21,22,25). The van der Waals surface area contributed by atoms with Crippen molar-refractivity contribution in [1.82, 2.24) is 10.2 Å². The van der Waals surface area contributed by atoms with E-state index in [0.29, 0.717) is 36.8 Å². The molecule has 1 aliphatic rings. The van der Waals surface area contributed by atoms with Crippen LogP contribution in [0.3, 0.4) is 0 Å². The van der Waals surface area contributed by atoms with E-state index in [9.17, 15) is 9.59 Å². The second kappa shape index (κ2) is 8.21. The summed E-state index contributed by atoms with van der Waals surface area (Å²) in [5, 5.41) is 3.15. The van der Waals surface area contributed by atoms with Gasteiger partial charge in [0.1, 0.15) is 6.10 Å². The molecular formula is C19H20ClN3O3. The van der Waals surface area contributed by atoms with Gasteiger partial charge in [-0.3, -0.25) is 4.79 Å². The number of carbonyl (C=O) groups is 2. The van der Waals surface area contributed by atoms with Gasteiger partial charge in [-0.05, 0) is 23.8 Å². The molecule has 1 fully saturated rings. The monoisotopic (exact) mass is 373 g/mol. The lowest BCUT2D eigenvalue weighted by molar-refractivity contribution is -0.0227. The number of carbonyl (C=O) groups excluding carboxylic acids is 2. The van der Waals surface area contributed by atoms with Crippen LogP contribution < -0.4 is 11.1 Å². The minimum absolute atomic E-state index is 0.0558. The first kappa shape index (κ1) is 18.2. The van der Waals surface area contributed by atoms with Gasteiger partial charge in [-0.2, -0.15) is 0 Å². The van der Waals surface area contributed by atoms with E-state index >= 15 is 0 Å². The molecule has 3 amide bonds. The molecule has 26 heavy (non-hydrogen) atoms. The lowest BCUT2D eigenvalue weighted by Gasteiger charge is -2.33. The maximum atomic E-state index is 12.8. The molecule has 0 saturated carbocycles. The lowest BCUT2D eigenvalue weighted by Crippen LogP contribution is -2.42. The van der Waals surface area contributed by atoms with Crippen molar-refractivity contribution in [2.75, 3.05) is 19.7 Å². The summed E-state index contributed by atoms with van der Waals surface area (Å²) in [6.07, 6.45) is -0.236. The fourth-order valence-corrected chi connectivity index (χ4v) is 3.15. The van der Waals surface area contributed by atoms with Crippen molar-refractivity contribution in [3.05, 3.63) is 70.2 Å². The van der Waals surface area contributed by atoms with Gasteiger partial charge in [0.05, 0.1) is 13.2 Å². The highest BCUT2D eigenvalue weighted by molar-refractivity contribution is 6.31. The molecule has 0 aromatic heterocycles. The van der Waals surface area contributed by atoms with Crippen LogP contribution in [0.25, 0.3) is 0 Å². The van der Waals surface area contributed by atoms with Gasteiger partial charge in [0.15, 0.2) is 0 Å². The Morgan fingerprint density at radius 2 is 1.92 bits per heavy atom. The summed E-state index contributed by atoms with van der Waals surface area (Å²) in [5.74, 6) is -0.0558. The zero-order chi connectivity index (χ0) is 18.5. The molecule has 136 valence electrons. The van der Waals surface area contributed by atoms with Gasteiger partial charge >= 0.3 is 6.03 Å². The van der Waals surface area contributed by atoms with E-state index in [1.165, 1.54) is 0 Å². The van der Waals surface area contributed by atoms with Gasteiger partial charge in [-0.1, -0.05) is 41.9 Å². The molecular weight excluding hydrogens is 354 g/mol. The smallest absolute Gasteiger partial charge is 0.312 e. The summed E-state index contributed by atoms with van der Waals surface area (Å²) in [6, 6.07) is 14.0.